The Balaban J connectivity index is 2.16. The number of hydrogen-bond donors (Lipinski definition) is 0. The molecule has 0 aliphatic rings. The molecule has 0 unspecified atom stereocenters. The molecule has 1 aromatic heterocycles. The maximum atomic E-state index is 12.7. The van der Waals surface area contributed by atoms with Crippen LogP contribution in [0.1, 0.15) is 10.5 Å². The van der Waals surface area contributed by atoms with Crippen molar-refractivity contribution >= 4 is 16.9 Å². The molecule has 4 rings (SSSR count). The van der Waals surface area contributed by atoms with Crippen LogP contribution in [-0.4, -0.2) is 17.6 Å². The van der Waals surface area contributed by atoms with E-state index in [-0.39, 0.29) is 5.97 Å². The van der Waals surface area contributed by atoms with Gasteiger partial charge in [0.1, 0.15) is 5.69 Å². The van der Waals surface area contributed by atoms with Gasteiger partial charge in [-0.2, -0.15) is 0 Å². The Hall–Kier alpha value is -3.33. The van der Waals surface area contributed by atoms with Gasteiger partial charge < -0.3 is 9.30 Å². The fourth-order valence-corrected chi connectivity index (χ4v) is 3.27. The molecule has 0 radical (unpaired) electrons. The Morgan fingerprint density at radius 3 is 2.08 bits per heavy atom. The summed E-state index contributed by atoms with van der Waals surface area (Å²) in [5.74, 6) is -0.348. The van der Waals surface area contributed by atoms with Crippen LogP contribution in [0.15, 0.2) is 84.9 Å². The summed E-state index contributed by atoms with van der Waals surface area (Å²) in [7, 11) is 1.42. The van der Waals surface area contributed by atoms with Gasteiger partial charge in [0.15, 0.2) is 0 Å². The zero-order valence-electron chi connectivity index (χ0n) is 13.8. The van der Waals surface area contributed by atoms with Crippen LogP contribution in [-0.2, 0) is 4.74 Å². The number of benzene rings is 3. The van der Waals surface area contributed by atoms with Crippen molar-refractivity contribution in [3.05, 3.63) is 90.6 Å². The molecule has 0 amide bonds. The molecule has 0 saturated heterocycles. The molecular weight excluding hydrogens is 310 g/mol. The SMILES string of the molecule is COC(=O)c1c(-c2ccccc2)c2ccccc2n1-c1ccccc1. The molecule has 0 aliphatic carbocycles. The lowest BCUT2D eigenvalue weighted by Gasteiger charge is -2.11. The number of aromatic nitrogens is 1. The van der Waals surface area contributed by atoms with Crippen LogP contribution in [0, 0.1) is 0 Å². The van der Waals surface area contributed by atoms with Crippen molar-refractivity contribution in [3.8, 4) is 16.8 Å². The van der Waals surface area contributed by atoms with E-state index in [1.54, 1.807) is 0 Å². The lowest BCUT2D eigenvalue weighted by atomic mass is 10.0. The van der Waals surface area contributed by atoms with Gasteiger partial charge in [-0.3, -0.25) is 0 Å². The summed E-state index contributed by atoms with van der Waals surface area (Å²) < 4.78 is 7.11. The van der Waals surface area contributed by atoms with Crippen molar-refractivity contribution in [2.45, 2.75) is 0 Å². The minimum absolute atomic E-state index is 0.348. The number of esters is 1. The number of hydrogen-bond acceptors (Lipinski definition) is 2. The molecule has 25 heavy (non-hydrogen) atoms. The van der Waals surface area contributed by atoms with Gasteiger partial charge in [0.25, 0.3) is 0 Å². The normalized spacial score (nSPS) is 10.8. The number of para-hydroxylation sites is 2. The molecule has 0 bridgehead atoms. The Kier molecular flexibility index (Phi) is 3.82. The molecule has 0 N–H and O–H groups in total. The summed E-state index contributed by atoms with van der Waals surface area (Å²) in [6.45, 7) is 0. The second kappa shape index (κ2) is 6.29. The molecule has 3 aromatic carbocycles. The fraction of sp³-hybridized carbons (Fsp3) is 0.0455. The number of fused-ring (bicyclic) bond motifs is 1. The third-order valence-electron chi connectivity index (χ3n) is 4.33. The Morgan fingerprint density at radius 1 is 0.800 bits per heavy atom. The van der Waals surface area contributed by atoms with Crippen LogP contribution in [0.25, 0.3) is 27.7 Å². The summed E-state index contributed by atoms with van der Waals surface area (Å²) in [5.41, 5.74) is 4.34. The van der Waals surface area contributed by atoms with E-state index < -0.39 is 0 Å². The monoisotopic (exact) mass is 327 g/mol. The van der Waals surface area contributed by atoms with Crippen LogP contribution in [0.4, 0.5) is 0 Å². The molecule has 3 nitrogen and oxygen atoms in total. The third kappa shape index (κ3) is 2.50. The van der Waals surface area contributed by atoms with Crippen LogP contribution >= 0.6 is 0 Å². The predicted molar refractivity (Wildman–Crippen MR) is 100 cm³/mol. The van der Waals surface area contributed by atoms with Crippen molar-refractivity contribution in [1.82, 2.24) is 4.57 Å². The van der Waals surface area contributed by atoms with E-state index in [9.17, 15) is 4.79 Å². The second-order valence-electron chi connectivity index (χ2n) is 5.77. The first-order chi connectivity index (χ1) is 12.3. The Labute approximate surface area is 146 Å². The molecule has 0 fully saturated rings. The first-order valence-electron chi connectivity index (χ1n) is 8.14. The zero-order valence-corrected chi connectivity index (χ0v) is 13.8. The van der Waals surface area contributed by atoms with Gasteiger partial charge in [0.2, 0.25) is 0 Å². The zero-order chi connectivity index (χ0) is 17.2. The molecule has 0 spiro atoms. The highest BCUT2D eigenvalue weighted by Crippen LogP contribution is 2.37. The number of carbonyl (C=O) groups excluding carboxylic acids is 1. The van der Waals surface area contributed by atoms with Crippen molar-refractivity contribution in [2.75, 3.05) is 7.11 Å². The Bertz CT molecular complexity index is 957. The van der Waals surface area contributed by atoms with Crippen LogP contribution < -0.4 is 0 Å². The van der Waals surface area contributed by atoms with Gasteiger partial charge in [-0.05, 0) is 23.8 Å². The maximum Gasteiger partial charge on any atom is 0.355 e. The molecule has 1 heterocycles. The average Bonchev–Trinajstić information content (AvgIpc) is 3.04. The van der Waals surface area contributed by atoms with Gasteiger partial charge in [-0.1, -0.05) is 66.7 Å². The smallest absolute Gasteiger partial charge is 0.355 e. The minimum atomic E-state index is -0.348. The minimum Gasteiger partial charge on any atom is -0.464 e. The van der Waals surface area contributed by atoms with E-state index in [1.807, 2.05) is 89.5 Å². The van der Waals surface area contributed by atoms with E-state index in [0.29, 0.717) is 5.69 Å². The lowest BCUT2D eigenvalue weighted by Crippen LogP contribution is -2.10. The van der Waals surface area contributed by atoms with E-state index in [0.717, 1.165) is 27.7 Å². The lowest BCUT2D eigenvalue weighted by molar-refractivity contribution is 0.0593. The summed E-state index contributed by atoms with van der Waals surface area (Å²) in [5, 5.41) is 1.03. The second-order valence-corrected chi connectivity index (χ2v) is 5.77. The number of ether oxygens (including phenoxy) is 1. The van der Waals surface area contributed by atoms with Crippen molar-refractivity contribution in [3.63, 3.8) is 0 Å². The van der Waals surface area contributed by atoms with E-state index in [4.69, 9.17) is 4.74 Å². The highest BCUT2D eigenvalue weighted by molar-refractivity contribution is 6.09. The van der Waals surface area contributed by atoms with Crippen LogP contribution in [0.2, 0.25) is 0 Å². The van der Waals surface area contributed by atoms with Crippen LogP contribution in [0.5, 0.6) is 0 Å². The largest absolute Gasteiger partial charge is 0.464 e. The third-order valence-corrected chi connectivity index (χ3v) is 4.33. The first kappa shape index (κ1) is 15.2. The summed E-state index contributed by atoms with van der Waals surface area (Å²) >= 11 is 0. The molecule has 0 aliphatic heterocycles. The number of nitrogens with zero attached hydrogens (tertiary/aromatic N) is 1. The van der Waals surface area contributed by atoms with Gasteiger partial charge in [0.05, 0.1) is 12.6 Å². The van der Waals surface area contributed by atoms with Crippen molar-refractivity contribution in [1.29, 1.82) is 0 Å². The summed E-state index contributed by atoms with van der Waals surface area (Å²) in [4.78, 5) is 12.7. The van der Waals surface area contributed by atoms with Gasteiger partial charge in [-0.25, -0.2) is 4.79 Å². The van der Waals surface area contributed by atoms with Crippen molar-refractivity contribution < 1.29 is 9.53 Å². The molecule has 3 heteroatoms. The van der Waals surface area contributed by atoms with E-state index in [1.165, 1.54) is 7.11 Å². The topological polar surface area (TPSA) is 31.2 Å². The fourth-order valence-electron chi connectivity index (χ4n) is 3.27. The average molecular weight is 327 g/mol. The van der Waals surface area contributed by atoms with E-state index >= 15 is 0 Å². The number of carbonyl (C=O) groups is 1. The van der Waals surface area contributed by atoms with Crippen LogP contribution in [0.3, 0.4) is 0 Å². The quantitative estimate of drug-likeness (QED) is 0.491. The van der Waals surface area contributed by atoms with Gasteiger partial charge in [0, 0.05) is 16.6 Å². The van der Waals surface area contributed by atoms with Gasteiger partial charge in [-0.15, -0.1) is 0 Å². The standard InChI is InChI=1S/C22H17NO2/c1-25-22(24)21-20(16-10-4-2-5-11-16)18-14-8-9-15-19(18)23(21)17-12-6-3-7-13-17/h2-15H,1H3. The number of methoxy groups -OCH3 is 1. The molecule has 0 atom stereocenters. The number of rotatable bonds is 3. The first-order valence-corrected chi connectivity index (χ1v) is 8.14. The highest BCUT2D eigenvalue weighted by atomic mass is 16.5. The molecular formula is C22H17NO2. The van der Waals surface area contributed by atoms with Gasteiger partial charge >= 0.3 is 5.97 Å². The molecule has 122 valence electrons. The Morgan fingerprint density at radius 2 is 1.40 bits per heavy atom. The highest BCUT2D eigenvalue weighted by Gasteiger charge is 2.25. The molecule has 4 aromatic rings. The molecule has 0 saturated carbocycles. The summed E-state index contributed by atoms with van der Waals surface area (Å²) in [6.07, 6.45) is 0. The predicted octanol–water partition coefficient (Wildman–Crippen LogP) is 5.08. The maximum absolute atomic E-state index is 12.7. The summed E-state index contributed by atoms with van der Waals surface area (Å²) in [6, 6.07) is 27.9. The van der Waals surface area contributed by atoms with Crippen molar-refractivity contribution in [2.24, 2.45) is 0 Å². The van der Waals surface area contributed by atoms with E-state index in [2.05, 4.69) is 0 Å².